The number of aromatic nitrogens is 3. The summed E-state index contributed by atoms with van der Waals surface area (Å²) in [6.07, 6.45) is 3.92. The van der Waals surface area contributed by atoms with Gasteiger partial charge in [-0.3, -0.25) is 4.79 Å². The van der Waals surface area contributed by atoms with Gasteiger partial charge in [-0.2, -0.15) is 4.98 Å². The van der Waals surface area contributed by atoms with Gasteiger partial charge >= 0.3 is 5.97 Å². The number of carbonyl (C=O) groups excluding carboxylic acids is 1. The van der Waals surface area contributed by atoms with E-state index in [1.807, 2.05) is 32.0 Å². The summed E-state index contributed by atoms with van der Waals surface area (Å²) in [6, 6.07) is 7.30. The third-order valence-corrected chi connectivity index (χ3v) is 4.94. The second-order valence-electron chi connectivity index (χ2n) is 7.34. The molecule has 0 amide bonds. The first-order valence-corrected chi connectivity index (χ1v) is 10.7. The van der Waals surface area contributed by atoms with Crippen LogP contribution >= 0.6 is 11.6 Å². The summed E-state index contributed by atoms with van der Waals surface area (Å²) in [5, 5.41) is 5.31. The number of hydrogen-bond acceptors (Lipinski definition) is 8. The quantitative estimate of drug-likeness (QED) is 0.322. The van der Waals surface area contributed by atoms with E-state index in [4.69, 9.17) is 30.0 Å². The lowest BCUT2D eigenvalue weighted by molar-refractivity contribution is -0.143. The minimum Gasteiger partial charge on any atom is -0.474 e. The number of nitrogens with zero attached hydrogens (tertiary/aromatic N) is 3. The van der Waals surface area contributed by atoms with Crippen molar-refractivity contribution in [2.24, 2.45) is 0 Å². The third-order valence-electron chi connectivity index (χ3n) is 4.67. The molecular formula is C23H22ClN3O5. The lowest BCUT2D eigenvalue weighted by Crippen LogP contribution is -2.07. The first kappa shape index (κ1) is 21.8. The van der Waals surface area contributed by atoms with E-state index in [0.717, 1.165) is 16.5 Å². The van der Waals surface area contributed by atoms with Gasteiger partial charge in [0.1, 0.15) is 10.6 Å². The molecule has 32 heavy (non-hydrogen) atoms. The summed E-state index contributed by atoms with van der Waals surface area (Å²) in [4.78, 5) is 20.5. The SMILES string of the molecule is CCOC(=O)CCc1ccc(-c2noc(-c3cnc(OC(C)C)c(Cl)c3)n2)c2ccoc12. The van der Waals surface area contributed by atoms with Crippen molar-refractivity contribution >= 4 is 28.5 Å². The molecule has 0 aliphatic carbocycles. The van der Waals surface area contributed by atoms with Crippen molar-refractivity contribution in [3.05, 3.63) is 47.3 Å². The van der Waals surface area contributed by atoms with E-state index in [2.05, 4.69) is 15.1 Å². The Morgan fingerprint density at radius 3 is 2.84 bits per heavy atom. The molecule has 0 unspecified atom stereocenters. The average Bonchev–Trinajstić information content (AvgIpc) is 3.43. The summed E-state index contributed by atoms with van der Waals surface area (Å²) < 4.78 is 21.7. The summed E-state index contributed by atoms with van der Waals surface area (Å²) >= 11 is 6.28. The Morgan fingerprint density at radius 1 is 1.25 bits per heavy atom. The van der Waals surface area contributed by atoms with Gasteiger partial charge in [0.2, 0.25) is 11.7 Å². The molecule has 0 aliphatic rings. The van der Waals surface area contributed by atoms with E-state index in [1.165, 1.54) is 0 Å². The number of benzene rings is 1. The van der Waals surface area contributed by atoms with E-state index in [0.29, 0.717) is 40.9 Å². The molecular weight excluding hydrogens is 434 g/mol. The molecule has 9 heteroatoms. The molecule has 3 heterocycles. The van der Waals surface area contributed by atoms with Gasteiger partial charge in [-0.1, -0.05) is 22.8 Å². The van der Waals surface area contributed by atoms with Crippen molar-refractivity contribution in [3.63, 3.8) is 0 Å². The van der Waals surface area contributed by atoms with E-state index in [-0.39, 0.29) is 24.4 Å². The molecule has 0 saturated heterocycles. The molecule has 0 spiro atoms. The van der Waals surface area contributed by atoms with Crippen LogP contribution in [0.1, 0.15) is 32.8 Å². The van der Waals surface area contributed by atoms with Gasteiger partial charge in [-0.05, 0) is 51.0 Å². The molecule has 3 aromatic heterocycles. The van der Waals surface area contributed by atoms with E-state index in [1.54, 1.807) is 25.5 Å². The third kappa shape index (κ3) is 4.60. The van der Waals surface area contributed by atoms with Gasteiger partial charge in [-0.15, -0.1) is 0 Å². The minimum atomic E-state index is -0.240. The molecule has 1 aromatic carbocycles. The van der Waals surface area contributed by atoms with Gasteiger partial charge < -0.3 is 18.4 Å². The van der Waals surface area contributed by atoms with Crippen molar-refractivity contribution in [2.45, 2.75) is 39.7 Å². The van der Waals surface area contributed by atoms with Crippen molar-refractivity contribution < 1.29 is 23.2 Å². The Balaban J connectivity index is 1.60. The number of rotatable bonds is 8. The molecule has 4 aromatic rings. The van der Waals surface area contributed by atoms with E-state index in [9.17, 15) is 4.79 Å². The maximum atomic E-state index is 11.7. The fourth-order valence-corrected chi connectivity index (χ4v) is 3.49. The highest BCUT2D eigenvalue weighted by molar-refractivity contribution is 6.32. The van der Waals surface area contributed by atoms with Crippen LogP contribution in [0.25, 0.3) is 33.8 Å². The zero-order valence-electron chi connectivity index (χ0n) is 17.9. The van der Waals surface area contributed by atoms with Crippen LogP contribution in [0, 0.1) is 0 Å². The summed E-state index contributed by atoms with van der Waals surface area (Å²) in [7, 11) is 0. The number of pyridine rings is 1. The molecule has 4 rings (SSSR count). The van der Waals surface area contributed by atoms with Crippen molar-refractivity contribution in [1.82, 2.24) is 15.1 Å². The average molecular weight is 456 g/mol. The van der Waals surface area contributed by atoms with Crippen molar-refractivity contribution in [1.29, 1.82) is 0 Å². The van der Waals surface area contributed by atoms with Crippen LogP contribution < -0.4 is 4.74 Å². The van der Waals surface area contributed by atoms with E-state index >= 15 is 0 Å². The van der Waals surface area contributed by atoms with Gasteiger partial charge in [0.25, 0.3) is 5.89 Å². The first-order valence-electron chi connectivity index (χ1n) is 10.3. The zero-order chi connectivity index (χ0) is 22.7. The van der Waals surface area contributed by atoms with Gasteiger partial charge in [0.05, 0.1) is 24.5 Å². The predicted molar refractivity (Wildman–Crippen MR) is 118 cm³/mol. The maximum absolute atomic E-state index is 11.7. The summed E-state index contributed by atoms with van der Waals surface area (Å²) in [6.45, 7) is 5.95. The number of ether oxygens (including phenoxy) is 2. The predicted octanol–water partition coefficient (Wildman–Crippen LogP) is 5.48. The highest BCUT2D eigenvalue weighted by Crippen LogP contribution is 2.33. The van der Waals surface area contributed by atoms with Gasteiger partial charge in [0, 0.05) is 23.6 Å². The van der Waals surface area contributed by atoms with E-state index < -0.39 is 0 Å². The number of hydrogen-bond donors (Lipinski definition) is 0. The molecule has 166 valence electrons. The Morgan fingerprint density at radius 2 is 2.09 bits per heavy atom. The number of carbonyl (C=O) groups is 1. The van der Waals surface area contributed by atoms with Gasteiger partial charge in [0.15, 0.2) is 0 Å². The highest BCUT2D eigenvalue weighted by atomic mass is 35.5. The molecule has 0 radical (unpaired) electrons. The second kappa shape index (κ2) is 9.40. The van der Waals surface area contributed by atoms with Crippen LogP contribution in [0.4, 0.5) is 0 Å². The van der Waals surface area contributed by atoms with Crippen LogP contribution in [0.3, 0.4) is 0 Å². The smallest absolute Gasteiger partial charge is 0.306 e. The zero-order valence-corrected chi connectivity index (χ0v) is 18.7. The molecule has 0 bridgehead atoms. The standard InChI is InChI=1S/C23H22ClN3O5/c1-4-29-19(28)8-6-14-5-7-17(16-9-10-30-20(14)16)21-26-22(32-27-21)15-11-18(24)23(25-12-15)31-13(2)3/h5,7,9-13H,4,6,8H2,1-3H3. The Labute approximate surface area is 189 Å². The molecule has 0 saturated carbocycles. The fourth-order valence-electron chi connectivity index (χ4n) is 3.28. The van der Waals surface area contributed by atoms with Crippen LogP contribution in [0.15, 0.2) is 45.7 Å². The number of esters is 1. The normalized spacial score (nSPS) is 11.3. The number of halogens is 1. The second-order valence-corrected chi connectivity index (χ2v) is 7.75. The van der Waals surface area contributed by atoms with Gasteiger partial charge in [-0.25, -0.2) is 4.98 Å². The Bertz CT molecular complexity index is 1250. The lowest BCUT2D eigenvalue weighted by Gasteiger charge is -2.09. The van der Waals surface area contributed by atoms with Crippen LogP contribution in [-0.4, -0.2) is 33.8 Å². The van der Waals surface area contributed by atoms with Crippen molar-refractivity contribution in [3.8, 4) is 28.7 Å². The highest BCUT2D eigenvalue weighted by Gasteiger charge is 2.18. The molecule has 0 aliphatic heterocycles. The lowest BCUT2D eigenvalue weighted by atomic mass is 10.0. The summed E-state index contributed by atoms with van der Waals surface area (Å²) in [5.74, 6) is 0.801. The monoisotopic (exact) mass is 455 g/mol. The first-order chi connectivity index (χ1) is 15.5. The van der Waals surface area contributed by atoms with Crippen LogP contribution in [0.5, 0.6) is 5.88 Å². The Hall–Kier alpha value is -3.39. The molecule has 0 atom stereocenters. The molecule has 0 fully saturated rings. The maximum Gasteiger partial charge on any atom is 0.306 e. The molecule has 8 nitrogen and oxygen atoms in total. The number of furan rings is 1. The van der Waals surface area contributed by atoms with Crippen LogP contribution in [0.2, 0.25) is 5.02 Å². The largest absolute Gasteiger partial charge is 0.474 e. The topological polar surface area (TPSA) is 100 Å². The molecule has 0 N–H and O–H groups in total. The minimum absolute atomic E-state index is 0.0431. The Kier molecular flexibility index (Phi) is 6.41. The van der Waals surface area contributed by atoms with Crippen LogP contribution in [-0.2, 0) is 16.0 Å². The number of fused-ring (bicyclic) bond motifs is 1. The summed E-state index contributed by atoms with van der Waals surface area (Å²) in [5.41, 5.74) is 2.92. The van der Waals surface area contributed by atoms with Crippen molar-refractivity contribution in [2.75, 3.05) is 6.61 Å². The fraction of sp³-hybridized carbons (Fsp3) is 0.304. The number of aryl methyl sites for hydroxylation is 1.